The molecule has 0 radical (unpaired) electrons. The highest BCUT2D eigenvalue weighted by Crippen LogP contribution is 2.27. The first kappa shape index (κ1) is 16.3. The summed E-state index contributed by atoms with van der Waals surface area (Å²) in [5.74, 6) is 0. The van der Waals surface area contributed by atoms with E-state index in [2.05, 4.69) is 46.2 Å². The van der Waals surface area contributed by atoms with Crippen LogP contribution in [0.15, 0.2) is 35.0 Å². The molecule has 0 amide bonds. The Morgan fingerprint density at radius 3 is 2.81 bits per heavy atom. The number of methoxy groups -OCH3 is 1. The summed E-state index contributed by atoms with van der Waals surface area (Å²) in [6.07, 6.45) is 0. The Kier molecular flexibility index (Phi) is 6.51. The lowest BCUT2D eigenvalue weighted by Crippen LogP contribution is -2.19. The van der Waals surface area contributed by atoms with E-state index in [4.69, 9.17) is 16.3 Å². The van der Waals surface area contributed by atoms with Gasteiger partial charge in [-0.2, -0.15) is 11.3 Å². The van der Waals surface area contributed by atoms with Crippen molar-refractivity contribution in [2.45, 2.75) is 13.1 Å². The average molecular weight is 325 g/mol. The Morgan fingerprint density at radius 1 is 1.29 bits per heavy atom. The van der Waals surface area contributed by atoms with Crippen molar-refractivity contribution in [2.24, 2.45) is 0 Å². The van der Waals surface area contributed by atoms with Crippen LogP contribution in [0.3, 0.4) is 0 Å². The van der Waals surface area contributed by atoms with Gasteiger partial charge in [-0.1, -0.05) is 17.7 Å². The van der Waals surface area contributed by atoms with Crippen LogP contribution in [0, 0.1) is 0 Å². The molecule has 1 aromatic carbocycles. The maximum atomic E-state index is 6.41. The Labute approximate surface area is 135 Å². The van der Waals surface area contributed by atoms with Gasteiger partial charge >= 0.3 is 0 Å². The third-order valence-corrected chi connectivity index (χ3v) is 4.27. The van der Waals surface area contributed by atoms with Crippen LogP contribution in [0.5, 0.6) is 0 Å². The van der Waals surface area contributed by atoms with E-state index in [9.17, 15) is 0 Å². The number of benzene rings is 1. The minimum Gasteiger partial charge on any atom is -0.383 e. The third-order valence-electron chi connectivity index (χ3n) is 3.24. The van der Waals surface area contributed by atoms with Gasteiger partial charge in [0.15, 0.2) is 0 Å². The van der Waals surface area contributed by atoms with E-state index in [1.807, 2.05) is 6.07 Å². The van der Waals surface area contributed by atoms with E-state index in [1.54, 1.807) is 18.4 Å². The van der Waals surface area contributed by atoms with Gasteiger partial charge < -0.3 is 15.0 Å². The number of ether oxygens (including phenoxy) is 1. The number of halogens is 1. The molecule has 114 valence electrons. The van der Waals surface area contributed by atoms with Gasteiger partial charge in [0.2, 0.25) is 0 Å². The molecule has 2 aromatic rings. The Morgan fingerprint density at radius 2 is 2.14 bits per heavy atom. The van der Waals surface area contributed by atoms with E-state index >= 15 is 0 Å². The molecule has 0 saturated carbocycles. The Hall–Kier alpha value is -1.07. The molecule has 5 heteroatoms. The van der Waals surface area contributed by atoms with E-state index in [0.29, 0.717) is 0 Å². The quantitative estimate of drug-likeness (QED) is 0.748. The van der Waals surface area contributed by atoms with Crippen molar-refractivity contribution in [3.63, 3.8) is 0 Å². The molecule has 1 N–H and O–H groups in total. The topological polar surface area (TPSA) is 24.5 Å². The number of nitrogens with zero attached hydrogens (tertiary/aromatic N) is 1. The van der Waals surface area contributed by atoms with Crippen molar-refractivity contribution < 1.29 is 4.74 Å². The van der Waals surface area contributed by atoms with Crippen molar-refractivity contribution in [2.75, 3.05) is 32.2 Å². The van der Waals surface area contributed by atoms with Crippen molar-refractivity contribution in [1.29, 1.82) is 0 Å². The van der Waals surface area contributed by atoms with Gasteiger partial charge in [-0.3, -0.25) is 0 Å². The van der Waals surface area contributed by atoms with Crippen LogP contribution in [0.2, 0.25) is 5.02 Å². The lowest BCUT2D eigenvalue weighted by atomic mass is 10.2. The van der Waals surface area contributed by atoms with Crippen LogP contribution in [-0.4, -0.2) is 27.3 Å². The summed E-state index contributed by atoms with van der Waals surface area (Å²) in [6, 6.07) is 8.37. The molecule has 0 saturated heterocycles. The SMILES string of the molecule is COCCNCc1ccc(N(C)Cc2ccsc2)c(Cl)c1. The molecule has 0 aliphatic heterocycles. The van der Waals surface area contributed by atoms with Gasteiger partial charge in [0, 0.05) is 33.8 Å². The molecule has 0 aliphatic carbocycles. The smallest absolute Gasteiger partial charge is 0.0642 e. The summed E-state index contributed by atoms with van der Waals surface area (Å²) >= 11 is 8.13. The van der Waals surface area contributed by atoms with Crippen molar-refractivity contribution >= 4 is 28.6 Å². The number of rotatable bonds is 8. The van der Waals surface area contributed by atoms with E-state index in [0.717, 1.165) is 37.0 Å². The number of nitrogens with one attached hydrogen (secondary N) is 1. The minimum atomic E-state index is 0.717. The summed E-state index contributed by atoms with van der Waals surface area (Å²) < 4.78 is 5.01. The van der Waals surface area contributed by atoms with E-state index in [-0.39, 0.29) is 0 Å². The molecule has 2 rings (SSSR count). The Bertz CT molecular complexity index is 545. The van der Waals surface area contributed by atoms with Gasteiger partial charge in [0.1, 0.15) is 0 Å². The zero-order valence-electron chi connectivity index (χ0n) is 12.4. The summed E-state index contributed by atoms with van der Waals surface area (Å²) in [7, 11) is 3.77. The summed E-state index contributed by atoms with van der Waals surface area (Å²) in [5.41, 5.74) is 3.55. The van der Waals surface area contributed by atoms with Crippen LogP contribution in [0.25, 0.3) is 0 Å². The summed E-state index contributed by atoms with van der Waals surface area (Å²) in [6.45, 7) is 3.23. The first-order valence-corrected chi connectivity index (χ1v) is 8.23. The fourth-order valence-corrected chi connectivity index (χ4v) is 3.13. The Balaban J connectivity index is 1.94. The second-order valence-electron chi connectivity index (χ2n) is 4.94. The molecule has 0 unspecified atom stereocenters. The number of thiophene rings is 1. The fraction of sp³-hybridized carbons (Fsp3) is 0.375. The molecule has 0 bridgehead atoms. The second kappa shape index (κ2) is 8.39. The molecular weight excluding hydrogens is 304 g/mol. The second-order valence-corrected chi connectivity index (χ2v) is 6.13. The lowest BCUT2D eigenvalue weighted by molar-refractivity contribution is 0.199. The molecule has 0 fully saturated rings. The number of hydrogen-bond acceptors (Lipinski definition) is 4. The molecular formula is C16H21ClN2OS. The first-order chi connectivity index (χ1) is 10.2. The molecule has 0 atom stereocenters. The highest BCUT2D eigenvalue weighted by atomic mass is 35.5. The molecule has 1 aromatic heterocycles. The van der Waals surface area contributed by atoms with Crippen LogP contribution in [0.1, 0.15) is 11.1 Å². The van der Waals surface area contributed by atoms with Gasteiger partial charge in [-0.25, -0.2) is 0 Å². The van der Waals surface area contributed by atoms with Crippen LogP contribution in [0.4, 0.5) is 5.69 Å². The maximum Gasteiger partial charge on any atom is 0.0642 e. The normalized spacial score (nSPS) is 10.8. The van der Waals surface area contributed by atoms with Crippen LogP contribution < -0.4 is 10.2 Å². The van der Waals surface area contributed by atoms with Crippen molar-refractivity contribution in [3.8, 4) is 0 Å². The van der Waals surface area contributed by atoms with E-state index in [1.165, 1.54) is 11.1 Å². The van der Waals surface area contributed by atoms with Crippen molar-refractivity contribution in [3.05, 3.63) is 51.2 Å². The van der Waals surface area contributed by atoms with Gasteiger partial charge in [0.05, 0.1) is 17.3 Å². The maximum absolute atomic E-state index is 6.41. The summed E-state index contributed by atoms with van der Waals surface area (Å²) in [5, 5.41) is 8.37. The van der Waals surface area contributed by atoms with Crippen LogP contribution in [-0.2, 0) is 17.8 Å². The largest absolute Gasteiger partial charge is 0.383 e. The van der Waals surface area contributed by atoms with Crippen molar-refractivity contribution in [1.82, 2.24) is 5.32 Å². The number of anilines is 1. The minimum absolute atomic E-state index is 0.717. The third kappa shape index (κ3) is 5.00. The van der Waals surface area contributed by atoms with Crippen LogP contribution >= 0.6 is 22.9 Å². The standard InChI is InChI=1S/C16H21ClN2OS/c1-19(11-14-5-8-21-12-14)16-4-3-13(9-15(16)17)10-18-6-7-20-2/h3-5,8-9,12,18H,6-7,10-11H2,1-2H3. The lowest BCUT2D eigenvalue weighted by Gasteiger charge is -2.20. The monoisotopic (exact) mass is 324 g/mol. The zero-order valence-corrected chi connectivity index (χ0v) is 14.0. The number of hydrogen-bond donors (Lipinski definition) is 1. The van der Waals surface area contributed by atoms with Gasteiger partial charge in [-0.05, 0) is 40.1 Å². The molecule has 1 heterocycles. The highest BCUT2D eigenvalue weighted by Gasteiger charge is 2.08. The molecule has 0 spiro atoms. The van der Waals surface area contributed by atoms with Gasteiger partial charge in [0.25, 0.3) is 0 Å². The molecule has 3 nitrogen and oxygen atoms in total. The fourth-order valence-electron chi connectivity index (χ4n) is 2.12. The average Bonchev–Trinajstić information content (AvgIpc) is 2.96. The molecule has 21 heavy (non-hydrogen) atoms. The summed E-state index contributed by atoms with van der Waals surface area (Å²) in [4.78, 5) is 2.17. The molecule has 0 aliphatic rings. The first-order valence-electron chi connectivity index (χ1n) is 6.91. The highest BCUT2D eigenvalue weighted by molar-refractivity contribution is 7.07. The predicted molar refractivity (Wildman–Crippen MR) is 91.5 cm³/mol. The van der Waals surface area contributed by atoms with Gasteiger partial charge in [-0.15, -0.1) is 0 Å². The zero-order chi connectivity index (χ0) is 15.1. The van der Waals surface area contributed by atoms with E-state index < -0.39 is 0 Å². The predicted octanol–water partition coefficient (Wildman–Crippen LogP) is 3.77.